The molecular weight excluding hydrogens is 595 g/mol. The molecule has 0 spiro atoms. The van der Waals surface area contributed by atoms with Gasteiger partial charge in [0.25, 0.3) is 0 Å². The smallest absolute Gasteiger partial charge is 0.164 e. The van der Waals surface area contributed by atoms with E-state index in [0.29, 0.717) is 17.5 Å². The van der Waals surface area contributed by atoms with E-state index in [2.05, 4.69) is 153 Å². The second-order valence-electron chi connectivity index (χ2n) is 13.3. The van der Waals surface area contributed by atoms with Crippen LogP contribution in [0.5, 0.6) is 0 Å². The van der Waals surface area contributed by atoms with Crippen molar-refractivity contribution in [3.05, 3.63) is 175 Å². The molecule has 0 unspecified atom stereocenters. The Labute approximate surface area is 286 Å². The van der Waals surface area contributed by atoms with Gasteiger partial charge in [-0.3, -0.25) is 0 Å². The van der Waals surface area contributed by atoms with Gasteiger partial charge in [-0.2, -0.15) is 0 Å². The summed E-state index contributed by atoms with van der Waals surface area (Å²) in [7, 11) is 0. The van der Waals surface area contributed by atoms with Crippen molar-refractivity contribution in [2.24, 2.45) is 0 Å². The van der Waals surface area contributed by atoms with Gasteiger partial charge in [0.2, 0.25) is 0 Å². The van der Waals surface area contributed by atoms with Gasteiger partial charge in [0.1, 0.15) is 0 Å². The molecule has 49 heavy (non-hydrogen) atoms. The average molecular weight is 628 g/mol. The van der Waals surface area contributed by atoms with Crippen LogP contribution in [0.2, 0.25) is 0 Å². The van der Waals surface area contributed by atoms with E-state index in [1.165, 1.54) is 38.8 Å². The fourth-order valence-electron chi connectivity index (χ4n) is 7.36. The van der Waals surface area contributed by atoms with Crippen LogP contribution in [0.25, 0.3) is 78.3 Å². The maximum atomic E-state index is 5.20. The lowest BCUT2D eigenvalue weighted by Gasteiger charge is -2.22. The Bertz CT molecular complexity index is 2520. The van der Waals surface area contributed by atoms with Crippen LogP contribution in [0.4, 0.5) is 0 Å². The summed E-state index contributed by atoms with van der Waals surface area (Å²) in [6.45, 7) is 4.65. The summed E-state index contributed by atoms with van der Waals surface area (Å²) in [5, 5.41) is 2.32. The normalized spacial score (nSPS) is 12.9. The molecule has 3 nitrogen and oxygen atoms in total. The molecule has 0 amide bonds. The van der Waals surface area contributed by atoms with E-state index in [1.54, 1.807) is 0 Å². The second-order valence-corrected chi connectivity index (χ2v) is 13.3. The minimum Gasteiger partial charge on any atom is -0.208 e. The van der Waals surface area contributed by atoms with Crippen LogP contribution in [0.3, 0.4) is 0 Å². The van der Waals surface area contributed by atoms with Crippen LogP contribution in [0.15, 0.2) is 164 Å². The first-order valence-electron chi connectivity index (χ1n) is 16.8. The van der Waals surface area contributed by atoms with E-state index in [1.807, 2.05) is 24.3 Å². The molecule has 0 N–H and O–H groups in total. The zero-order valence-electron chi connectivity index (χ0n) is 27.4. The minimum atomic E-state index is -0.106. The Morgan fingerprint density at radius 3 is 1.59 bits per heavy atom. The van der Waals surface area contributed by atoms with Gasteiger partial charge in [-0.05, 0) is 79.5 Å². The van der Waals surface area contributed by atoms with Gasteiger partial charge in [0.05, 0.1) is 0 Å². The topological polar surface area (TPSA) is 38.7 Å². The Balaban J connectivity index is 1.20. The minimum absolute atomic E-state index is 0.106. The molecule has 8 aromatic rings. The molecule has 232 valence electrons. The monoisotopic (exact) mass is 627 g/mol. The van der Waals surface area contributed by atoms with Gasteiger partial charge < -0.3 is 0 Å². The van der Waals surface area contributed by atoms with E-state index < -0.39 is 0 Å². The van der Waals surface area contributed by atoms with Crippen LogP contribution >= 0.6 is 0 Å². The van der Waals surface area contributed by atoms with E-state index in [0.717, 1.165) is 33.2 Å². The van der Waals surface area contributed by atoms with Crippen molar-refractivity contribution in [1.82, 2.24) is 15.0 Å². The predicted molar refractivity (Wildman–Crippen MR) is 202 cm³/mol. The largest absolute Gasteiger partial charge is 0.208 e. The molecule has 0 bridgehead atoms. The molecule has 0 radical (unpaired) electrons. The van der Waals surface area contributed by atoms with Crippen molar-refractivity contribution in [1.29, 1.82) is 0 Å². The van der Waals surface area contributed by atoms with E-state index in [9.17, 15) is 0 Å². The maximum absolute atomic E-state index is 5.20. The summed E-state index contributed by atoms with van der Waals surface area (Å²) in [5.41, 5.74) is 12.8. The molecule has 3 heteroatoms. The van der Waals surface area contributed by atoms with Crippen LogP contribution in [0.1, 0.15) is 25.0 Å². The molecule has 1 heterocycles. The van der Waals surface area contributed by atoms with Gasteiger partial charge in [0, 0.05) is 22.1 Å². The highest BCUT2D eigenvalue weighted by Crippen LogP contribution is 2.50. The fraction of sp³-hybridized carbons (Fsp3) is 0.0652. The zero-order valence-corrected chi connectivity index (χ0v) is 27.4. The first kappa shape index (κ1) is 29.0. The summed E-state index contributed by atoms with van der Waals surface area (Å²) in [6, 6.07) is 57.8. The van der Waals surface area contributed by atoms with Gasteiger partial charge in [-0.25, -0.2) is 15.0 Å². The standard InChI is InChI=1S/C46H33N3/c1-46(2)41-25-10-9-23-37(41)40-28-35-21-13-24-38(39(35)29-42(40)46)45-48-43(31-16-7-4-8-17-31)47-44(49-45)36-22-12-20-34(27-36)33-19-11-18-32(26-33)30-14-5-3-6-15-30/h3-29H,1-2H3. The Morgan fingerprint density at radius 2 is 0.857 bits per heavy atom. The highest BCUT2D eigenvalue weighted by molar-refractivity contribution is 6.00. The third-order valence-corrected chi connectivity index (χ3v) is 9.91. The average Bonchev–Trinajstić information content (AvgIpc) is 3.39. The summed E-state index contributed by atoms with van der Waals surface area (Å²) in [6.07, 6.45) is 0. The van der Waals surface area contributed by atoms with Crippen molar-refractivity contribution in [3.8, 4) is 67.5 Å². The molecule has 0 fully saturated rings. The maximum Gasteiger partial charge on any atom is 0.164 e. The van der Waals surface area contributed by atoms with Crippen LogP contribution in [-0.4, -0.2) is 15.0 Å². The number of nitrogens with zero attached hydrogens (tertiary/aromatic N) is 3. The molecule has 0 aliphatic heterocycles. The summed E-state index contributed by atoms with van der Waals surface area (Å²) >= 11 is 0. The number of fused-ring (bicyclic) bond motifs is 4. The van der Waals surface area contributed by atoms with E-state index >= 15 is 0 Å². The quantitative estimate of drug-likeness (QED) is 0.191. The third-order valence-electron chi connectivity index (χ3n) is 9.91. The summed E-state index contributed by atoms with van der Waals surface area (Å²) in [4.78, 5) is 15.4. The number of hydrogen-bond donors (Lipinski definition) is 0. The molecule has 0 saturated carbocycles. The van der Waals surface area contributed by atoms with E-state index in [4.69, 9.17) is 15.0 Å². The van der Waals surface area contributed by atoms with Crippen molar-refractivity contribution < 1.29 is 0 Å². The van der Waals surface area contributed by atoms with Gasteiger partial charge in [-0.15, -0.1) is 0 Å². The fourth-order valence-corrected chi connectivity index (χ4v) is 7.36. The number of rotatable bonds is 5. The highest BCUT2D eigenvalue weighted by Gasteiger charge is 2.35. The van der Waals surface area contributed by atoms with Crippen LogP contribution in [-0.2, 0) is 5.41 Å². The molecule has 9 rings (SSSR count). The van der Waals surface area contributed by atoms with Crippen molar-refractivity contribution in [2.75, 3.05) is 0 Å². The Morgan fingerprint density at radius 1 is 0.347 bits per heavy atom. The zero-order chi connectivity index (χ0) is 33.0. The SMILES string of the molecule is CC1(C)c2ccccc2-c2cc3cccc(-c4nc(-c5ccccc5)nc(-c5cccc(-c6cccc(-c7ccccc7)c6)c5)n4)c3cc21. The van der Waals surface area contributed by atoms with Crippen LogP contribution in [0, 0.1) is 0 Å². The number of benzene rings is 7. The highest BCUT2D eigenvalue weighted by atomic mass is 15.0. The molecule has 0 saturated heterocycles. The molecule has 1 aliphatic rings. The Hall–Kier alpha value is -6.19. The molecule has 1 aromatic heterocycles. The molecule has 1 aliphatic carbocycles. The van der Waals surface area contributed by atoms with Crippen LogP contribution < -0.4 is 0 Å². The first-order valence-corrected chi connectivity index (χ1v) is 16.8. The lowest BCUT2D eigenvalue weighted by atomic mass is 9.81. The number of hydrogen-bond acceptors (Lipinski definition) is 3. The Kier molecular flexibility index (Phi) is 6.80. The lowest BCUT2D eigenvalue weighted by molar-refractivity contribution is 0.661. The van der Waals surface area contributed by atoms with Crippen molar-refractivity contribution >= 4 is 10.8 Å². The molecule has 0 atom stereocenters. The van der Waals surface area contributed by atoms with Gasteiger partial charge >= 0.3 is 0 Å². The molecule has 7 aromatic carbocycles. The van der Waals surface area contributed by atoms with Crippen molar-refractivity contribution in [3.63, 3.8) is 0 Å². The number of aromatic nitrogens is 3. The van der Waals surface area contributed by atoms with Gasteiger partial charge in [0.15, 0.2) is 17.5 Å². The lowest BCUT2D eigenvalue weighted by Crippen LogP contribution is -2.14. The van der Waals surface area contributed by atoms with Gasteiger partial charge in [-0.1, -0.05) is 153 Å². The van der Waals surface area contributed by atoms with E-state index in [-0.39, 0.29) is 5.41 Å². The first-order chi connectivity index (χ1) is 24.0. The molecular formula is C46H33N3. The third kappa shape index (κ3) is 5.03. The second kappa shape index (κ2) is 11.5. The summed E-state index contributed by atoms with van der Waals surface area (Å²) < 4.78 is 0. The summed E-state index contributed by atoms with van der Waals surface area (Å²) in [5.74, 6) is 1.97. The van der Waals surface area contributed by atoms with Crippen molar-refractivity contribution in [2.45, 2.75) is 19.3 Å². The predicted octanol–water partition coefficient (Wildman–Crippen LogP) is 11.7.